The minimum absolute atomic E-state index is 0.351. The maximum absolute atomic E-state index is 5.37. The Hall–Kier alpha value is -1.22. The molecule has 0 aliphatic carbocycles. The van der Waals surface area contributed by atoms with E-state index >= 15 is 0 Å². The van der Waals surface area contributed by atoms with Crippen molar-refractivity contribution in [2.75, 3.05) is 6.79 Å². The van der Waals surface area contributed by atoms with Crippen molar-refractivity contribution in [2.45, 2.75) is 45.7 Å². The van der Waals surface area contributed by atoms with Crippen LogP contribution in [0.1, 0.15) is 32.8 Å². The predicted molar refractivity (Wildman–Crippen MR) is 68.6 cm³/mol. The maximum atomic E-state index is 5.37. The fourth-order valence-corrected chi connectivity index (χ4v) is 2.13. The van der Waals surface area contributed by atoms with Gasteiger partial charge in [0.15, 0.2) is 11.5 Å². The quantitative estimate of drug-likeness (QED) is 0.851. The van der Waals surface area contributed by atoms with E-state index < -0.39 is 0 Å². The van der Waals surface area contributed by atoms with Crippen molar-refractivity contribution in [1.29, 1.82) is 0 Å². The van der Waals surface area contributed by atoms with Gasteiger partial charge in [-0.3, -0.25) is 0 Å². The minimum Gasteiger partial charge on any atom is -0.454 e. The van der Waals surface area contributed by atoms with Crippen LogP contribution < -0.4 is 14.8 Å². The molecule has 1 aliphatic heterocycles. The van der Waals surface area contributed by atoms with E-state index in [9.17, 15) is 0 Å². The van der Waals surface area contributed by atoms with Crippen molar-refractivity contribution >= 4 is 0 Å². The second kappa shape index (κ2) is 5.41. The molecule has 0 radical (unpaired) electrons. The Morgan fingerprint density at radius 1 is 1.18 bits per heavy atom. The highest BCUT2D eigenvalue weighted by molar-refractivity contribution is 5.44. The largest absolute Gasteiger partial charge is 0.454 e. The van der Waals surface area contributed by atoms with E-state index in [1.54, 1.807) is 0 Å². The third kappa shape index (κ3) is 3.37. The Morgan fingerprint density at radius 2 is 1.94 bits per heavy atom. The summed E-state index contributed by atoms with van der Waals surface area (Å²) in [5.74, 6) is 1.74. The molecular weight excluding hydrogens is 214 g/mol. The molecule has 1 atom stereocenters. The maximum Gasteiger partial charge on any atom is 0.231 e. The lowest BCUT2D eigenvalue weighted by Crippen LogP contribution is -2.32. The van der Waals surface area contributed by atoms with Gasteiger partial charge in [0.25, 0.3) is 0 Å². The lowest BCUT2D eigenvalue weighted by Gasteiger charge is -2.16. The second-order valence-corrected chi connectivity index (χ2v) is 4.95. The zero-order valence-corrected chi connectivity index (χ0v) is 10.8. The zero-order chi connectivity index (χ0) is 12.3. The lowest BCUT2D eigenvalue weighted by atomic mass is 10.1. The number of hydrogen-bond acceptors (Lipinski definition) is 3. The van der Waals surface area contributed by atoms with Gasteiger partial charge in [-0.2, -0.15) is 0 Å². The van der Waals surface area contributed by atoms with Gasteiger partial charge in [-0.15, -0.1) is 0 Å². The molecule has 0 spiro atoms. The van der Waals surface area contributed by atoms with Gasteiger partial charge in [0, 0.05) is 12.1 Å². The summed E-state index contributed by atoms with van der Waals surface area (Å²) >= 11 is 0. The third-order valence-electron chi connectivity index (χ3n) is 2.92. The summed E-state index contributed by atoms with van der Waals surface area (Å²) in [6.07, 6.45) is 2.20. The summed E-state index contributed by atoms with van der Waals surface area (Å²) in [5, 5.41) is 3.51. The fraction of sp³-hybridized carbons (Fsp3) is 0.571. The zero-order valence-electron chi connectivity index (χ0n) is 10.8. The van der Waals surface area contributed by atoms with E-state index in [4.69, 9.17) is 9.47 Å². The van der Waals surface area contributed by atoms with Crippen LogP contribution in [-0.4, -0.2) is 18.9 Å². The first-order valence-corrected chi connectivity index (χ1v) is 6.29. The normalized spacial score (nSPS) is 15.3. The SMILES string of the molecule is CC(C)NC(C)CCc1ccc2c(c1)OCO2. The Morgan fingerprint density at radius 3 is 2.71 bits per heavy atom. The summed E-state index contributed by atoms with van der Waals surface area (Å²) in [6.45, 7) is 6.94. The summed E-state index contributed by atoms with van der Waals surface area (Å²) in [4.78, 5) is 0. The average molecular weight is 235 g/mol. The topological polar surface area (TPSA) is 30.5 Å². The summed E-state index contributed by atoms with van der Waals surface area (Å²) in [7, 11) is 0. The van der Waals surface area contributed by atoms with Crippen LogP contribution in [0.15, 0.2) is 18.2 Å². The smallest absolute Gasteiger partial charge is 0.231 e. The van der Waals surface area contributed by atoms with Gasteiger partial charge in [0.1, 0.15) is 0 Å². The number of benzene rings is 1. The number of rotatable bonds is 5. The van der Waals surface area contributed by atoms with Gasteiger partial charge >= 0.3 is 0 Å². The van der Waals surface area contributed by atoms with Crippen LogP contribution in [0.2, 0.25) is 0 Å². The van der Waals surface area contributed by atoms with Gasteiger partial charge in [0.2, 0.25) is 6.79 Å². The van der Waals surface area contributed by atoms with Crippen molar-refractivity contribution in [3.05, 3.63) is 23.8 Å². The van der Waals surface area contributed by atoms with Crippen LogP contribution in [0.5, 0.6) is 11.5 Å². The average Bonchev–Trinajstić information content (AvgIpc) is 2.72. The number of ether oxygens (including phenoxy) is 2. The van der Waals surface area contributed by atoms with Gasteiger partial charge in [-0.1, -0.05) is 19.9 Å². The molecule has 3 nitrogen and oxygen atoms in total. The van der Waals surface area contributed by atoms with Crippen molar-refractivity contribution < 1.29 is 9.47 Å². The fourth-order valence-electron chi connectivity index (χ4n) is 2.13. The molecule has 1 aromatic rings. The molecule has 1 N–H and O–H groups in total. The molecule has 1 aromatic carbocycles. The molecule has 0 fully saturated rings. The molecule has 1 heterocycles. The van der Waals surface area contributed by atoms with E-state index in [1.807, 2.05) is 6.07 Å². The number of nitrogens with one attached hydrogen (secondary N) is 1. The lowest BCUT2D eigenvalue weighted by molar-refractivity contribution is 0.174. The van der Waals surface area contributed by atoms with Gasteiger partial charge in [-0.05, 0) is 37.5 Å². The van der Waals surface area contributed by atoms with Crippen molar-refractivity contribution in [3.8, 4) is 11.5 Å². The van der Waals surface area contributed by atoms with Crippen molar-refractivity contribution in [1.82, 2.24) is 5.32 Å². The molecule has 3 heteroatoms. The van der Waals surface area contributed by atoms with E-state index in [0.717, 1.165) is 24.3 Å². The third-order valence-corrected chi connectivity index (χ3v) is 2.92. The first-order valence-electron chi connectivity index (χ1n) is 6.29. The standard InChI is InChI=1S/C14H21NO2/c1-10(2)15-11(3)4-5-12-6-7-13-14(8-12)17-9-16-13/h6-8,10-11,15H,4-5,9H2,1-3H3. The van der Waals surface area contributed by atoms with Crippen LogP contribution in [0.4, 0.5) is 0 Å². The number of fused-ring (bicyclic) bond motifs is 1. The highest BCUT2D eigenvalue weighted by atomic mass is 16.7. The number of hydrogen-bond donors (Lipinski definition) is 1. The van der Waals surface area contributed by atoms with Crippen LogP contribution in [0, 0.1) is 0 Å². The van der Waals surface area contributed by atoms with E-state index in [2.05, 4.69) is 38.2 Å². The van der Waals surface area contributed by atoms with Gasteiger partial charge in [0.05, 0.1) is 0 Å². The van der Waals surface area contributed by atoms with Crippen LogP contribution >= 0.6 is 0 Å². The summed E-state index contributed by atoms with van der Waals surface area (Å²) in [6, 6.07) is 7.29. The molecule has 0 saturated heterocycles. The number of aryl methyl sites for hydroxylation is 1. The molecule has 0 amide bonds. The molecule has 1 aliphatic rings. The molecule has 0 aromatic heterocycles. The van der Waals surface area contributed by atoms with Gasteiger partial charge in [-0.25, -0.2) is 0 Å². The molecule has 1 unspecified atom stereocenters. The van der Waals surface area contributed by atoms with E-state index in [1.165, 1.54) is 5.56 Å². The Kier molecular flexibility index (Phi) is 3.89. The molecular formula is C14H21NO2. The Bertz CT molecular complexity index is 376. The molecule has 2 rings (SSSR count). The molecule has 0 saturated carbocycles. The first kappa shape index (κ1) is 12.2. The van der Waals surface area contributed by atoms with E-state index in [0.29, 0.717) is 18.9 Å². The molecule has 17 heavy (non-hydrogen) atoms. The van der Waals surface area contributed by atoms with Crippen molar-refractivity contribution in [2.24, 2.45) is 0 Å². The first-order chi connectivity index (χ1) is 8.15. The van der Waals surface area contributed by atoms with Crippen LogP contribution in [0.3, 0.4) is 0 Å². The van der Waals surface area contributed by atoms with Crippen LogP contribution in [-0.2, 0) is 6.42 Å². The van der Waals surface area contributed by atoms with Crippen LogP contribution in [0.25, 0.3) is 0 Å². The highest BCUT2D eigenvalue weighted by Gasteiger charge is 2.13. The monoisotopic (exact) mass is 235 g/mol. The molecule has 0 bridgehead atoms. The van der Waals surface area contributed by atoms with Crippen molar-refractivity contribution in [3.63, 3.8) is 0 Å². The summed E-state index contributed by atoms with van der Waals surface area (Å²) < 4.78 is 10.7. The predicted octanol–water partition coefficient (Wildman–Crippen LogP) is 2.73. The highest BCUT2D eigenvalue weighted by Crippen LogP contribution is 2.32. The summed E-state index contributed by atoms with van der Waals surface area (Å²) in [5.41, 5.74) is 1.31. The van der Waals surface area contributed by atoms with Gasteiger partial charge < -0.3 is 14.8 Å². The minimum atomic E-state index is 0.351. The van der Waals surface area contributed by atoms with E-state index in [-0.39, 0.29) is 0 Å². The molecule has 94 valence electrons. The second-order valence-electron chi connectivity index (χ2n) is 4.95. The Balaban J connectivity index is 1.87. The Labute approximate surface area is 103 Å².